The Morgan fingerprint density at radius 1 is 1.23 bits per heavy atom. The molecule has 1 aromatic carbocycles. The van der Waals surface area contributed by atoms with E-state index in [9.17, 15) is 14.7 Å². The number of nitrogens with two attached hydrogens (primary N) is 1. The molecule has 0 radical (unpaired) electrons. The minimum absolute atomic E-state index is 0.0372. The number of rotatable bonds is 5. The van der Waals surface area contributed by atoms with Gasteiger partial charge in [-0.2, -0.15) is 0 Å². The predicted molar refractivity (Wildman–Crippen MR) is 106 cm³/mol. The van der Waals surface area contributed by atoms with Crippen molar-refractivity contribution in [2.75, 3.05) is 20.7 Å². The predicted octanol–water partition coefficient (Wildman–Crippen LogP) is 1.56. The van der Waals surface area contributed by atoms with Gasteiger partial charge >= 0.3 is 0 Å². The number of carbonyl (C=O) groups excluding carboxylic acids is 2. The van der Waals surface area contributed by atoms with E-state index in [0.717, 1.165) is 5.56 Å². The summed E-state index contributed by atoms with van der Waals surface area (Å²) in [5.41, 5.74) is 6.14. The van der Waals surface area contributed by atoms with Crippen molar-refractivity contribution in [3.8, 4) is 28.3 Å². The van der Waals surface area contributed by atoms with Crippen molar-refractivity contribution in [1.29, 1.82) is 0 Å². The molecule has 3 N–H and O–H groups in total. The summed E-state index contributed by atoms with van der Waals surface area (Å²) in [7, 11) is 3.07. The van der Waals surface area contributed by atoms with Crippen LogP contribution < -0.4 is 10.5 Å². The Morgan fingerprint density at radius 2 is 1.97 bits per heavy atom. The fourth-order valence-electron chi connectivity index (χ4n) is 3.47. The van der Waals surface area contributed by atoms with Crippen LogP contribution in [0.2, 0.25) is 0 Å². The molecule has 4 rings (SSSR count). The average molecular weight is 408 g/mol. The maximum absolute atomic E-state index is 12.3. The summed E-state index contributed by atoms with van der Waals surface area (Å²) >= 11 is 0. The van der Waals surface area contributed by atoms with E-state index in [2.05, 4.69) is 10.1 Å². The zero-order chi connectivity index (χ0) is 21.5. The topological polar surface area (TPSA) is 132 Å². The molecule has 0 saturated carbocycles. The van der Waals surface area contributed by atoms with Crippen LogP contribution in [0.5, 0.6) is 5.75 Å². The van der Waals surface area contributed by atoms with Crippen molar-refractivity contribution in [2.24, 2.45) is 5.73 Å². The largest absolute Gasteiger partial charge is 0.494 e. The molecule has 1 aliphatic rings. The number of hydrogen-bond donors (Lipinski definition) is 2. The monoisotopic (exact) mass is 408 g/mol. The highest BCUT2D eigenvalue weighted by Crippen LogP contribution is 2.35. The molecule has 1 saturated heterocycles. The van der Waals surface area contributed by atoms with Crippen LogP contribution in [0, 0.1) is 0 Å². The number of aliphatic hydroxyl groups is 1. The van der Waals surface area contributed by atoms with Crippen molar-refractivity contribution in [2.45, 2.75) is 12.0 Å². The van der Waals surface area contributed by atoms with E-state index in [1.807, 2.05) is 18.2 Å². The number of likely N-dealkylation sites (N-methyl/N-ethyl adjacent to an activating group) is 1. The number of nitrogens with zero attached hydrogens (tertiary/aromatic N) is 3. The van der Waals surface area contributed by atoms with Crippen LogP contribution in [-0.4, -0.2) is 52.7 Å². The van der Waals surface area contributed by atoms with Crippen LogP contribution >= 0.6 is 0 Å². The van der Waals surface area contributed by atoms with E-state index in [-0.39, 0.29) is 17.9 Å². The first-order valence-electron chi connectivity index (χ1n) is 9.24. The SMILES string of the molecule is COc1ccc(-c2cccc(-c3cc(C4(O)CCN(C)C4=O)on3)c2)nc1C(N)=O. The third kappa shape index (κ3) is 3.18. The molecule has 0 spiro atoms. The number of methoxy groups -OCH3 is 1. The van der Waals surface area contributed by atoms with Gasteiger partial charge in [-0.1, -0.05) is 23.4 Å². The second kappa shape index (κ2) is 7.27. The van der Waals surface area contributed by atoms with Gasteiger partial charge in [-0.25, -0.2) is 4.98 Å². The van der Waals surface area contributed by atoms with Gasteiger partial charge in [-0.3, -0.25) is 9.59 Å². The van der Waals surface area contributed by atoms with Crippen LogP contribution in [-0.2, 0) is 10.4 Å². The number of pyridine rings is 1. The highest BCUT2D eigenvalue weighted by Gasteiger charge is 2.48. The van der Waals surface area contributed by atoms with E-state index in [1.165, 1.54) is 12.0 Å². The Bertz CT molecular complexity index is 1140. The summed E-state index contributed by atoms with van der Waals surface area (Å²) in [6.07, 6.45) is 0.239. The molecule has 2 amide bonds. The quantitative estimate of drug-likeness (QED) is 0.655. The molecule has 1 aliphatic heterocycles. The number of amides is 2. The fraction of sp³-hybridized carbons (Fsp3) is 0.238. The Balaban J connectivity index is 1.69. The third-order valence-electron chi connectivity index (χ3n) is 5.19. The standard InChI is InChI=1S/C21H20N4O5/c1-25-9-8-21(28,20(25)27)17-11-15(24-30-17)13-5-3-4-12(10-13)14-6-7-16(29-2)18(23-14)19(22)26/h3-7,10-11,28H,8-9H2,1-2H3,(H2,22,26). The first-order valence-corrected chi connectivity index (χ1v) is 9.24. The second-order valence-electron chi connectivity index (χ2n) is 7.11. The second-order valence-corrected chi connectivity index (χ2v) is 7.11. The number of aromatic nitrogens is 2. The van der Waals surface area contributed by atoms with Gasteiger partial charge in [0.15, 0.2) is 11.5 Å². The Hall–Kier alpha value is -3.72. The third-order valence-corrected chi connectivity index (χ3v) is 5.19. The van der Waals surface area contributed by atoms with Gasteiger partial charge in [-0.15, -0.1) is 0 Å². The summed E-state index contributed by atoms with van der Waals surface area (Å²) in [4.78, 5) is 29.7. The van der Waals surface area contributed by atoms with Crippen molar-refractivity contribution in [3.05, 3.63) is 53.9 Å². The number of ether oxygens (including phenoxy) is 1. The molecule has 1 fully saturated rings. The van der Waals surface area contributed by atoms with E-state index in [0.29, 0.717) is 29.2 Å². The Labute approximate surface area is 172 Å². The van der Waals surface area contributed by atoms with E-state index >= 15 is 0 Å². The zero-order valence-corrected chi connectivity index (χ0v) is 16.5. The van der Waals surface area contributed by atoms with Gasteiger partial charge in [0.05, 0.1) is 12.8 Å². The summed E-state index contributed by atoms with van der Waals surface area (Å²) in [6.45, 7) is 0.437. The smallest absolute Gasteiger partial charge is 0.271 e. The molecule has 3 heterocycles. The molecule has 30 heavy (non-hydrogen) atoms. The lowest BCUT2D eigenvalue weighted by atomic mass is 9.97. The van der Waals surface area contributed by atoms with Crippen molar-refractivity contribution in [1.82, 2.24) is 15.0 Å². The molecule has 3 aromatic rings. The maximum Gasteiger partial charge on any atom is 0.271 e. The normalized spacial score (nSPS) is 18.6. The van der Waals surface area contributed by atoms with Crippen LogP contribution in [0.3, 0.4) is 0 Å². The number of likely N-dealkylation sites (tertiary alicyclic amines) is 1. The van der Waals surface area contributed by atoms with E-state index in [4.69, 9.17) is 15.0 Å². The average Bonchev–Trinajstić information content (AvgIpc) is 3.36. The molecule has 1 unspecified atom stereocenters. The molecule has 9 nitrogen and oxygen atoms in total. The molecule has 0 bridgehead atoms. The lowest BCUT2D eigenvalue weighted by Gasteiger charge is -2.16. The maximum atomic E-state index is 12.3. The number of primary amides is 1. The highest BCUT2D eigenvalue weighted by atomic mass is 16.5. The number of hydrogen-bond acceptors (Lipinski definition) is 7. The first kappa shape index (κ1) is 19.6. The number of benzene rings is 1. The van der Waals surface area contributed by atoms with Crippen molar-refractivity contribution in [3.63, 3.8) is 0 Å². The molecule has 2 aromatic heterocycles. The Morgan fingerprint density at radius 3 is 2.60 bits per heavy atom. The fourth-order valence-corrected chi connectivity index (χ4v) is 3.47. The van der Waals surface area contributed by atoms with Crippen LogP contribution in [0.4, 0.5) is 0 Å². The summed E-state index contributed by atoms with van der Waals surface area (Å²) in [6, 6.07) is 12.2. The van der Waals surface area contributed by atoms with Crippen molar-refractivity contribution < 1.29 is 24.0 Å². The number of carbonyl (C=O) groups is 2. The molecule has 154 valence electrons. The van der Waals surface area contributed by atoms with Gasteiger partial charge in [-0.05, 0) is 18.2 Å². The summed E-state index contributed by atoms with van der Waals surface area (Å²) in [5.74, 6) is -0.704. The molecule has 9 heteroatoms. The minimum Gasteiger partial charge on any atom is -0.494 e. The van der Waals surface area contributed by atoms with Gasteiger partial charge in [0.1, 0.15) is 11.4 Å². The minimum atomic E-state index is -1.70. The van der Waals surface area contributed by atoms with E-state index < -0.39 is 17.4 Å². The lowest BCUT2D eigenvalue weighted by Crippen LogP contribution is -2.35. The first-order chi connectivity index (χ1) is 14.3. The van der Waals surface area contributed by atoms with Crippen LogP contribution in [0.15, 0.2) is 47.0 Å². The van der Waals surface area contributed by atoms with E-state index in [1.54, 1.807) is 31.3 Å². The Kier molecular flexibility index (Phi) is 4.75. The zero-order valence-electron chi connectivity index (χ0n) is 16.5. The van der Waals surface area contributed by atoms with Crippen LogP contribution in [0.25, 0.3) is 22.5 Å². The van der Waals surface area contributed by atoms with Crippen molar-refractivity contribution >= 4 is 11.8 Å². The molecular weight excluding hydrogens is 388 g/mol. The van der Waals surface area contributed by atoms with Crippen LogP contribution in [0.1, 0.15) is 22.7 Å². The molecule has 1 atom stereocenters. The van der Waals surface area contributed by atoms with Gasteiger partial charge < -0.3 is 25.0 Å². The summed E-state index contributed by atoms with van der Waals surface area (Å²) in [5, 5.41) is 14.8. The summed E-state index contributed by atoms with van der Waals surface area (Å²) < 4.78 is 10.4. The lowest BCUT2D eigenvalue weighted by molar-refractivity contribution is -0.144. The molecule has 0 aliphatic carbocycles. The molecular formula is C21H20N4O5. The highest BCUT2D eigenvalue weighted by molar-refractivity contribution is 5.94. The van der Waals surface area contributed by atoms with Gasteiger partial charge in [0.25, 0.3) is 11.8 Å². The van der Waals surface area contributed by atoms with Gasteiger partial charge in [0.2, 0.25) is 5.60 Å². The van der Waals surface area contributed by atoms with Gasteiger partial charge in [0, 0.05) is 37.2 Å².